The van der Waals surface area contributed by atoms with Gasteiger partial charge in [-0.15, -0.1) is 0 Å². The van der Waals surface area contributed by atoms with Crippen LogP contribution in [-0.2, 0) is 0 Å². The molecule has 6 nitrogen and oxygen atoms in total. The number of pyridine rings is 1. The lowest BCUT2D eigenvalue weighted by molar-refractivity contribution is 0.217. The summed E-state index contributed by atoms with van der Waals surface area (Å²) in [6, 6.07) is 11.3. The van der Waals surface area contributed by atoms with Crippen LogP contribution in [0.15, 0.2) is 42.6 Å². The average Bonchev–Trinajstić information content (AvgIpc) is 2.75. The summed E-state index contributed by atoms with van der Waals surface area (Å²) in [6.07, 6.45) is 1.69. The predicted octanol–water partition coefficient (Wildman–Crippen LogP) is 3.15. The van der Waals surface area contributed by atoms with Gasteiger partial charge in [0.15, 0.2) is 11.3 Å². The molecule has 0 fully saturated rings. The SMILES string of the molecule is CCN(CC)CCOc1nc2cccnc2nc1C#Cc1ccc(OC)cc1. The molecule has 0 aliphatic heterocycles. The molecule has 28 heavy (non-hydrogen) atoms. The summed E-state index contributed by atoms with van der Waals surface area (Å²) in [7, 11) is 1.64. The van der Waals surface area contributed by atoms with E-state index in [4.69, 9.17) is 9.47 Å². The quantitative estimate of drug-likeness (QED) is 0.591. The van der Waals surface area contributed by atoms with Gasteiger partial charge in [-0.3, -0.25) is 0 Å². The van der Waals surface area contributed by atoms with E-state index >= 15 is 0 Å². The number of hydrogen-bond donors (Lipinski definition) is 0. The zero-order valence-electron chi connectivity index (χ0n) is 16.5. The molecule has 3 aromatic rings. The predicted molar refractivity (Wildman–Crippen MR) is 110 cm³/mol. The fourth-order valence-electron chi connectivity index (χ4n) is 2.68. The van der Waals surface area contributed by atoms with E-state index in [2.05, 4.69) is 45.5 Å². The first-order chi connectivity index (χ1) is 13.7. The van der Waals surface area contributed by atoms with Gasteiger partial charge in [0, 0.05) is 18.3 Å². The molecule has 3 rings (SSSR count). The van der Waals surface area contributed by atoms with Crippen LogP contribution in [0, 0.1) is 11.8 Å². The lowest BCUT2D eigenvalue weighted by atomic mass is 10.2. The Morgan fingerprint density at radius 1 is 1.00 bits per heavy atom. The van der Waals surface area contributed by atoms with Crippen molar-refractivity contribution in [3.05, 3.63) is 53.9 Å². The van der Waals surface area contributed by atoms with Gasteiger partial charge in [0.05, 0.1) is 7.11 Å². The van der Waals surface area contributed by atoms with Crippen molar-refractivity contribution >= 4 is 11.2 Å². The van der Waals surface area contributed by atoms with Gasteiger partial charge < -0.3 is 14.4 Å². The van der Waals surface area contributed by atoms with Crippen molar-refractivity contribution in [2.24, 2.45) is 0 Å². The maximum atomic E-state index is 5.94. The number of aromatic nitrogens is 3. The first-order valence-corrected chi connectivity index (χ1v) is 9.37. The summed E-state index contributed by atoms with van der Waals surface area (Å²) in [5.74, 6) is 7.43. The van der Waals surface area contributed by atoms with Gasteiger partial charge >= 0.3 is 0 Å². The molecule has 2 heterocycles. The van der Waals surface area contributed by atoms with Gasteiger partial charge in [-0.05, 0) is 55.4 Å². The minimum absolute atomic E-state index is 0.439. The van der Waals surface area contributed by atoms with E-state index in [9.17, 15) is 0 Å². The van der Waals surface area contributed by atoms with Crippen LogP contribution in [0.1, 0.15) is 25.1 Å². The molecule has 0 radical (unpaired) electrons. The summed E-state index contributed by atoms with van der Waals surface area (Å²) in [4.78, 5) is 15.7. The van der Waals surface area contributed by atoms with E-state index < -0.39 is 0 Å². The van der Waals surface area contributed by atoms with Crippen molar-refractivity contribution in [3.8, 4) is 23.5 Å². The summed E-state index contributed by atoms with van der Waals surface area (Å²) in [5.41, 5.74) is 2.59. The van der Waals surface area contributed by atoms with Crippen molar-refractivity contribution in [2.75, 3.05) is 33.4 Å². The minimum atomic E-state index is 0.439. The molecule has 0 amide bonds. The highest BCUT2D eigenvalue weighted by atomic mass is 16.5. The topological polar surface area (TPSA) is 60.4 Å². The Balaban J connectivity index is 1.87. The highest BCUT2D eigenvalue weighted by molar-refractivity contribution is 5.71. The second-order valence-electron chi connectivity index (χ2n) is 6.08. The van der Waals surface area contributed by atoms with E-state index in [0.717, 1.165) is 30.9 Å². The Kier molecular flexibility index (Phi) is 6.77. The van der Waals surface area contributed by atoms with Gasteiger partial charge in [0.25, 0.3) is 0 Å². The Labute approximate surface area is 165 Å². The van der Waals surface area contributed by atoms with E-state index in [1.54, 1.807) is 13.3 Å². The molecule has 6 heteroatoms. The average molecular weight is 376 g/mol. The fraction of sp³-hybridized carbons (Fsp3) is 0.318. The zero-order valence-corrected chi connectivity index (χ0v) is 16.5. The molecule has 0 bridgehead atoms. The van der Waals surface area contributed by atoms with E-state index in [0.29, 0.717) is 29.3 Å². The van der Waals surface area contributed by atoms with Crippen molar-refractivity contribution < 1.29 is 9.47 Å². The highest BCUT2D eigenvalue weighted by Gasteiger charge is 2.10. The first kappa shape index (κ1) is 19.6. The van der Waals surface area contributed by atoms with Crippen molar-refractivity contribution in [3.63, 3.8) is 0 Å². The lowest BCUT2D eigenvalue weighted by Crippen LogP contribution is -2.28. The van der Waals surface area contributed by atoms with Gasteiger partial charge in [0.1, 0.15) is 17.9 Å². The largest absolute Gasteiger partial charge is 0.497 e. The van der Waals surface area contributed by atoms with Crippen LogP contribution < -0.4 is 9.47 Å². The number of methoxy groups -OCH3 is 1. The molecule has 2 aromatic heterocycles. The maximum Gasteiger partial charge on any atom is 0.249 e. The molecule has 0 aliphatic rings. The first-order valence-electron chi connectivity index (χ1n) is 9.37. The van der Waals surface area contributed by atoms with E-state index in [1.165, 1.54) is 0 Å². The summed E-state index contributed by atoms with van der Waals surface area (Å²) in [6.45, 7) is 7.59. The van der Waals surface area contributed by atoms with Crippen LogP contribution in [0.3, 0.4) is 0 Å². The zero-order chi connectivity index (χ0) is 19.8. The monoisotopic (exact) mass is 376 g/mol. The third-order valence-electron chi connectivity index (χ3n) is 4.36. The number of rotatable bonds is 7. The van der Waals surface area contributed by atoms with Crippen LogP contribution >= 0.6 is 0 Å². The van der Waals surface area contributed by atoms with Gasteiger partial charge in [-0.1, -0.05) is 19.8 Å². The molecule has 0 atom stereocenters. The molecule has 0 aliphatic carbocycles. The molecule has 1 aromatic carbocycles. The number of benzene rings is 1. The van der Waals surface area contributed by atoms with Crippen LogP contribution in [-0.4, -0.2) is 53.2 Å². The van der Waals surface area contributed by atoms with Crippen LogP contribution in [0.4, 0.5) is 0 Å². The summed E-state index contributed by atoms with van der Waals surface area (Å²) in [5, 5.41) is 0. The smallest absolute Gasteiger partial charge is 0.249 e. The third-order valence-corrected chi connectivity index (χ3v) is 4.36. The maximum absolute atomic E-state index is 5.94. The molecule has 0 saturated carbocycles. The molecule has 0 spiro atoms. The second-order valence-corrected chi connectivity index (χ2v) is 6.08. The Bertz CT molecular complexity index is 973. The number of hydrogen-bond acceptors (Lipinski definition) is 6. The Morgan fingerprint density at radius 2 is 1.79 bits per heavy atom. The van der Waals surface area contributed by atoms with Crippen LogP contribution in [0.5, 0.6) is 11.6 Å². The molecular weight excluding hydrogens is 352 g/mol. The molecule has 0 unspecified atom stereocenters. The summed E-state index contributed by atoms with van der Waals surface area (Å²) >= 11 is 0. The number of fused-ring (bicyclic) bond motifs is 1. The molecule has 0 N–H and O–H groups in total. The van der Waals surface area contributed by atoms with Gasteiger partial charge in [0.2, 0.25) is 5.88 Å². The van der Waals surface area contributed by atoms with Crippen molar-refractivity contribution in [1.82, 2.24) is 19.9 Å². The van der Waals surface area contributed by atoms with E-state index in [1.807, 2.05) is 36.4 Å². The Morgan fingerprint density at radius 3 is 2.50 bits per heavy atom. The fourth-order valence-corrected chi connectivity index (χ4v) is 2.68. The molecular formula is C22H24N4O2. The number of ether oxygens (including phenoxy) is 2. The third kappa shape index (κ3) is 4.96. The van der Waals surface area contributed by atoms with Crippen molar-refractivity contribution in [1.29, 1.82) is 0 Å². The number of likely N-dealkylation sites (N-methyl/N-ethyl adjacent to an activating group) is 1. The molecule has 0 saturated heterocycles. The standard InChI is InChI=1S/C22H24N4O2/c1-4-26(5-2)15-16-28-22-20(24-21-19(25-22)7-6-14-23-21)13-10-17-8-11-18(27-3)12-9-17/h6-9,11-12,14H,4-5,15-16H2,1-3H3. The molecule has 144 valence electrons. The van der Waals surface area contributed by atoms with E-state index in [-0.39, 0.29) is 0 Å². The Hall–Kier alpha value is -3.17. The minimum Gasteiger partial charge on any atom is -0.497 e. The highest BCUT2D eigenvalue weighted by Crippen LogP contribution is 2.17. The number of nitrogens with zero attached hydrogens (tertiary/aromatic N) is 4. The summed E-state index contributed by atoms with van der Waals surface area (Å²) < 4.78 is 11.1. The normalized spacial score (nSPS) is 10.6. The second kappa shape index (κ2) is 9.67. The van der Waals surface area contributed by atoms with Gasteiger partial charge in [-0.25, -0.2) is 15.0 Å². The van der Waals surface area contributed by atoms with Gasteiger partial charge in [-0.2, -0.15) is 0 Å². The van der Waals surface area contributed by atoms with Crippen LogP contribution in [0.25, 0.3) is 11.2 Å². The van der Waals surface area contributed by atoms with Crippen molar-refractivity contribution in [2.45, 2.75) is 13.8 Å². The van der Waals surface area contributed by atoms with Crippen LogP contribution in [0.2, 0.25) is 0 Å². The lowest BCUT2D eigenvalue weighted by Gasteiger charge is -2.17.